The molecule has 0 saturated carbocycles. The molecule has 0 aliphatic heterocycles. The lowest BCUT2D eigenvalue weighted by Gasteiger charge is -2.16. The van der Waals surface area contributed by atoms with Gasteiger partial charge in [-0.3, -0.25) is 0 Å². The molecule has 0 radical (unpaired) electrons. The van der Waals surface area contributed by atoms with Gasteiger partial charge in [0.15, 0.2) is 0 Å². The molecular weight excluding hydrogens is 324 g/mol. The molecule has 3 N–H and O–H groups in total. The van der Waals surface area contributed by atoms with Crippen molar-refractivity contribution in [2.24, 2.45) is 5.73 Å². The first kappa shape index (κ1) is 16.1. The Balaban J connectivity index is 2.29. The summed E-state index contributed by atoms with van der Waals surface area (Å²) in [6.45, 7) is 1.94. The van der Waals surface area contributed by atoms with Crippen LogP contribution >= 0.6 is 23.6 Å². The lowest BCUT2D eigenvalue weighted by atomic mass is 10.2. The standard InChI is InChI=1S/C14H16N2O2S3/c1-2-12(13-7-4-8-20-13)16-21(17,18)11-6-3-5-10(9-11)14(15)19/h3-9,12,16H,2H2,1H3,(H2,15,19). The second-order valence-corrected chi connectivity index (χ2v) is 7.62. The molecule has 1 unspecified atom stereocenters. The Hall–Kier alpha value is -1.28. The van der Waals surface area contributed by atoms with E-state index in [4.69, 9.17) is 18.0 Å². The van der Waals surface area contributed by atoms with Crippen molar-refractivity contribution in [1.29, 1.82) is 0 Å². The monoisotopic (exact) mass is 340 g/mol. The Morgan fingerprint density at radius 3 is 2.71 bits per heavy atom. The van der Waals surface area contributed by atoms with Crippen molar-refractivity contribution >= 4 is 38.6 Å². The summed E-state index contributed by atoms with van der Waals surface area (Å²) in [6, 6.07) is 9.95. The van der Waals surface area contributed by atoms with Crippen LogP contribution in [0.2, 0.25) is 0 Å². The maximum atomic E-state index is 12.5. The summed E-state index contributed by atoms with van der Waals surface area (Å²) < 4.78 is 27.7. The van der Waals surface area contributed by atoms with Gasteiger partial charge in [-0.15, -0.1) is 11.3 Å². The SMILES string of the molecule is CCC(NS(=O)(=O)c1cccc(C(N)=S)c1)c1cccs1. The van der Waals surface area contributed by atoms with Crippen molar-refractivity contribution in [2.75, 3.05) is 0 Å². The normalized spacial score (nSPS) is 13.0. The molecule has 112 valence electrons. The molecule has 0 amide bonds. The van der Waals surface area contributed by atoms with Crippen molar-refractivity contribution in [1.82, 2.24) is 4.72 Å². The highest BCUT2D eigenvalue weighted by Crippen LogP contribution is 2.24. The van der Waals surface area contributed by atoms with E-state index in [0.717, 1.165) is 4.88 Å². The van der Waals surface area contributed by atoms with Crippen LogP contribution in [0.5, 0.6) is 0 Å². The van der Waals surface area contributed by atoms with E-state index in [-0.39, 0.29) is 15.9 Å². The molecule has 0 bridgehead atoms. The van der Waals surface area contributed by atoms with Crippen molar-refractivity contribution < 1.29 is 8.42 Å². The minimum absolute atomic E-state index is 0.169. The summed E-state index contributed by atoms with van der Waals surface area (Å²) in [4.78, 5) is 1.34. The van der Waals surface area contributed by atoms with Crippen molar-refractivity contribution in [3.8, 4) is 0 Å². The van der Waals surface area contributed by atoms with Gasteiger partial charge in [0.1, 0.15) is 4.99 Å². The van der Waals surface area contributed by atoms with Crippen LogP contribution in [-0.2, 0) is 10.0 Å². The van der Waals surface area contributed by atoms with Crippen LogP contribution in [0, 0.1) is 0 Å². The molecule has 2 rings (SSSR count). The summed E-state index contributed by atoms with van der Waals surface area (Å²) >= 11 is 6.42. The van der Waals surface area contributed by atoms with E-state index < -0.39 is 10.0 Å². The van der Waals surface area contributed by atoms with Crippen molar-refractivity contribution in [2.45, 2.75) is 24.3 Å². The number of benzene rings is 1. The second-order valence-electron chi connectivity index (χ2n) is 4.49. The maximum absolute atomic E-state index is 12.5. The first-order valence-corrected chi connectivity index (χ1v) is 9.16. The van der Waals surface area contributed by atoms with Gasteiger partial charge in [0, 0.05) is 10.4 Å². The van der Waals surface area contributed by atoms with Crippen LogP contribution in [0.15, 0.2) is 46.7 Å². The smallest absolute Gasteiger partial charge is 0.241 e. The first-order valence-electron chi connectivity index (χ1n) is 6.39. The van der Waals surface area contributed by atoms with E-state index in [1.54, 1.807) is 12.1 Å². The van der Waals surface area contributed by atoms with Gasteiger partial charge in [0.2, 0.25) is 10.0 Å². The van der Waals surface area contributed by atoms with Gasteiger partial charge in [-0.1, -0.05) is 37.3 Å². The van der Waals surface area contributed by atoms with Crippen LogP contribution in [0.25, 0.3) is 0 Å². The van der Waals surface area contributed by atoms with Gasteiger partial charge in [0.05, 0.1) is 10.9 Å². The number of rotatable bonds is 6. The van der Waals surface area contributed by atoms with Gasteiger partial charge >= 0.3 is 0 Å². The van der Waals surface area contributed by atoms with E-state index in [1.165, 1.54) is 23.5 Å². The molecule has 0 spiro atoms. The van der Waals surface area contributed by atoms with Crippen molar-refractivity contribution in [3.05, 3.63) is 52.2 Å². The lowest BCUT2D eigenvalue weighted by Crippen LogP contribution is -2.28. The van der Waals surface area contributed by atoms with Crippen LogP contribution < -0.4 is 10.5 Å². The molecule has 4 nitrogen and oxygen atoms in total. The number of nitrogens with one attached hydrogen (secondary N) is 1. The molecule has 21 heavy (non-hydrogen) atoms. The highest BCUT2D eigenvalue weighted by molar-refractivity contribution is 7.89. The second kappa shape index (κ2) is 6.65. The molecule has 1 aromatic heterocycles. The molecule has 1 aromatic carbocycles. The third-order valence-corrected chi connectivity index (χ3v) is 5.71. The highest BCUT2D eigenvalue weighted by atomic mass is 32.2. The van der Waals surface area contributed by atoms with E-state index in [2.05, 4.69) is 4.72 Å². The molecule has 0 fully saturated rings. The molecular formula is C14H16N2O2S3. The summed E-state index contributed by atoms with van der Waals surface area (Å²) in [5.74, 6) is 0. The van der Waals surface area contributed by atoms with Gasteiger partial charge in [-0.25, -0.2) is 13.1 Å². The quantitative estimate of drug-likeness (QED) is 0.793. The lowest BCUT2D eigenvalue weighted by molar-refractivity contribution is 0.553. The van der Waals surface area contributed by atoms with E-state index >= 15 is 0 Å². The Morgan fingerprint density at radius 2 is 2.14 bits per heavy atom. The first-order chi connectivity index (χ1) is 9.94. The maximum Gasteiger partial charge on any atom is 0.241 e. The Labute approximate surface area is 134 Å². The number of sulfonamides is 1. The van der Waals surface area contributed by atoms with E-state index in [9.17, 15) is 8.42 Å². The third kappa shape index (κ3) is 3.88. The predicted octanol–water partition coefficient (Wildman–Crippen LogP) is 2.81. The molecule has 1 atom stereocenters. The van der Waals surface area contributed by atoms with Gasteiger partial charge in [-0.2, -0.15) is 0 Å². The van der Waals surface area contributed by atoms with Crippen LogP contribution in [-0.4, -0.2) is 13.4 Å². The van der Waals surface area contributed by atoms with Crippen LogP contribution in [0.4, 0.5) is 0 Å². The minimum atomic E-state index is -3.61. The average Bonchev–Trinajstić information content (AvgIpc) is 2.99. The molecule has 7 heteroatoms. The van der Waals surface area contributed by atoms with Gasteiger partial charge in [-0.05, 0) is 30.0 Å². The highest BCUT2D eigenvalue weighted by Gasteiger charge is 2.21. The summed E-state index contributed by atoms with van der Waals surface area (Å²) in [5, 5.41) is 1.93. The molecule has 2 aromatic rings. The fourth-order valence-corrected chi connectivity index (χ4v) is 4.31. The zero-order valence-corrected chi connectivity index (χ0v) is 13.9. The molecule has 0 aliphatic carbocycles. The van der Waals surface area contributed by atoms with Crippen LogP contribution in [0.3, 0.4) is 0 Å². The zero-order chi connectivity index (χ0) is 15.5. The summed E-state index contributed by atoms with van der Waals surface area (Å²) in [5.41, 5.74) is 6.09. The fraction of sp³-hybridized carbons (Fsp3) is 0.214. The number of thiophene rings is 1. The number of hydrogen-bond acceptors (Lipinski definition) is 4. The van der Waals surface area contributed by atoms with Gasteiger partial charge < -0.3 is 5.73 Å². The minimum Gasteiger partial charge on any atom is -0.389 e. The van der Waals surface area contributed by atoms with Crippen molar-refractivity contribution in [3.63, 3.8) is 0 Å². The molecule has 0 saturated heterocycles. The fourth-order valence-electron chi connectivity index (χ4n) is 1.90. The summed E-state index contributed by atoms with van der Waals surface area (Å²) in [6.07, 6.45) is 0.675. The van der Waals surface area contributed by atoms with Gasteiger partial charge in [0.25, 0.3) is 0 Å². The summed E-state index contributed by atoms with van der Waals surface area (Å²) in [7, 11) is -3.61. The van der Waals surface area contributed by atoms with E-state index in [1.807, 2.05) is 24.4 Å². The number of thiocarbonyl (C=S) groups is 1. The van der Waals surface area contributed by atoms with Crippen LogP contribution in [0.1, 0.15) is 29.8 Å². The van der Waals surface area contributed by atoms with E-state index in [0.29, 0.717) is 12.0 Å². The molecule has 0 aliphatic rings. The largest absolute Gasteiger partial charge is 0.389 e. The topological polar surface area (TPSA) is 72.2 Å². The number of hydrogen-bond donors (Lipinski definition) is 2. The Bertz CT molecular complexity index is 724. The molecule has 1 heterocycles. The predicted molar refractivity (Wildman–Crippen MR) is 90.0 cm³/mol. The number of nitrogens with two attached hydrogens (primary N) is 1. The third-order valence-electron chi connectivity index (χ3n) is 3.02. The average molecular weight is 340 g/mol. The zero-order valence-electron chi connectivity index (χ0n) is 11.4. The Morgan fingerprint density at radius 1 is 1.38 bits per heavy atom. The Kier molecular flexibility index (Phi) is 5.10.